The van der Waals surface area contributed by atoms with Gasteiger partial charge in [0.1, 0.15) is 6.10 Å². The number of carbonyl (C=O) groups excluding carboxylic acids is 2. The van der Waals surface area contributed by atoms with Crippen LogP contribution in [0.5, 0.6) is 0 Å². The van der Waals surface area contributed by atoms with E-state index in [1.54, 1.807) is 13.0 Å². The zero-order chi connectivity index (χ0) is 13.7. The monoisotopic (exact) mass is 261 g/mol. The van der Waals surface area contributed by atoms with Gasteiger partial charge in [0.2, 0.25) is 6.04 Å². The van der Waals surface area contributed by atoms with Crippen molar-refractivity contribution in [3.63, 3.8) is 0 Å². The van der Waals surface area contributed by atoms with Crippen LogP contribution >= 0.6 is 0 Å². The van der Waals surface area contributed by atoms with Crippen LogP contribution < -0.4 is 0 Å². The van der Waals surface area contributed by atoms with E-state index in [1.165, 1.54) is 12.2 Å². The van der Waals surface area contributed by atoms with Crippen molar-refractivity contribution in [2.24, 2.45) is 11.8 Å². The molecule has 19 heavy (non-hydrogen) atoms. The number of nitro groups is 1. The van der Waals surface area contributed by atoms with Gasteiger partial charge in [0.05, 0.1) is 17.6 Å². The number of nitrogens with zero attached hydrogens (tertiary/aromatic N) is 1. The molecular formula is C13H11NO5. The summed E-state index contributed by atoms with van der Waals surface area (Å²) < 4.78 is 5.54. The van der Waals surface area contributed by atoms with Gasteiger partial charge in [-0.1, -0.05) is 0 Å². The van der Waals surface area contributed by atoms with E-state index in [9.17, 15) is 19.7 Å². The summed E-state index contributed by atoms with van der Waals surface area (Å²) in [6.45, 7) is 1.69. The minimum absolute atomic E-state index is 0.193. The van der Waals surface area contributed by atoms with Crippen molar-refractivity contribution < 1.29 is 19.2 Å². The normalized spacial score (nSPS) is 36.1. The average Bonchev–Trinajstić information content (AvgIpc) is 2.73. The lowest BCUT2D eigenvalue weighted by molar-refractivity contribution is -0.519. The third-order valence-electron chi connectivity index (χ3n) is 3.77. The van der Waals surface area contributed by atoms with Crippen LogP contribution in [-0.4, -0.2) is 28.6 Å². The molecule has 0 aromatic carbocycles. The highest BCUT2D eigenvalue weighted by molar-refractivity contribution is 6.16. The molecule has 0 N–H and O–H groups in total. The standard InChI is InChI=1S/C13H11NO5/c1-6-4-7-9(14(17)18)5-8-10(15)2-3-11(16)12(8)13(7)19-6/h2-5,7,9,12-13H,1H3. The molecule has 0 saturated carbocycles. The van der Waals surface area contributed by atoms with Crippen LogP contribution in [0, 0.1) is 22.0 Å². The quantitative estimate of drug-likeness (QED) is 0.515. The molecule has 3 aliphatic rings. The van der Waals surface area contributed by atoms with E-state index in [0.717, 1.165) is 6.08 Å². The molecule has 1 heterocycles. The molecule has 0 bridgehead atoms. The Balaban J connectivity index is 2.12. The third-order valence-corrected chi connectivity index (χ3v) is 3.77. The number of hydrogen-bond acceptors (Lipinski definition) is 5. The second-order valence-electron chi connectivity index (χ2n) is 4.91. The van der Waals surface area contributed by atoms with Crippen LogP contribution in [0.2, 0.25) is 0 Å². The van der Waals surface area contributed by atoms with E-state index in [4.69, 9.17) is 4.74 Å². The minimum atomic E-state index is -1.02. The molecule has 6 heteroatoms. The molecule has 6 nitrogen and oxygen atoms in total. The maximum absolute atomic E-state index is 11.9. The van der Waals surface area contributed by atoms with Gasteiger partial charge >= 0.3 is 0 Å². The van der Waals surface area contributed by atoms with E-state index >= 15 is 0 Å². The zero-order valence-electron chi connectivity index (χ0n) is 10.1. The molecule has 1 aliphatic heterocycles. The third kappa shape index (κ3) is 1.63. The Bertz CT molecular complexity index is 586. The van der Waals surface area contributed by atoms with E-state index in [2.05, 4.69) is 0 Å². The van der Waals surface area contributed by atoms with E-state index in [-0.39, 0.29) is 17.1 Å². The lowest BCUT2D eigenvalue weighted by Gasteiger charge is -2.33. The summed E-state index contributed by atoms with van der Waals surface area (Å²) in [7, 11) is 0. The summed E-state index contributed by atoms with van der Waals surface area (Å²) in [6.07, 6.45) is 4.73. The van der Waals surface area contributed by atoms with Gasteiger partial charge in [-0.3, -0.25) is 19.7 Å². The second-order valence-corrected chi connectivity index (χ2v) is 4.91. The molecule has 0 saturated heterocycles. The maximum Gasteiger partial charge on any atom is 0.241 e. The first kappa shape index (κ1) is 11.8. The molecule has 3 rings (SSSR count). The van der Waals surface area contributed by atoms with Crippen molar-refractivity contribution in [3.05, 3.63) is 45.8 Å². The maximum atomic E-state index is 11.9. The van der Waals surface area contributed by atoms with Crippen LogP contribution in [0.3, 0.4) is 0 Å². The molecule has 98 valence electrons. The highest BCUT2D eigenvalue weighted by Crippen LogP contribution is 2.41. The zero-order valence-corrected chi connectivity index (χ0v) is 10.1. The summed E-state index contributed by atoms with van der Waals surface area (Å²) in [5.41, 5.74) is 0.193. The van der Waals surface area contributed by atoms with Crippen molar-refractivity contribution in [1.82, 2.24) is 0 Å². The first-order valence-corrected chi connectivity index (χ1v) is 5.95. The van der Waals surface area contributed by atoms with Crippen LogP contribution in [-0.2, 0) is 14.3 Å². The van der Waals surface area contributed by atoms with E-state index in [0.29, 0.717) is 5.76 Å². The molecule has 4 atom stereocenters. The fourth-order valence-electron chi connectivity index (χ4n) is 2.97. The number of allylic oxidation sites excluding steroid dienone is 3. The van der Waals surface area contributed by atoms with Gasteiger partial charge in [0.15, 0.2) is 11.6 Å². The molecule has 0 fully saturated rings. The number of carbonyl (C=O) groups is 2. The van der Waals surface area contributed by atoms with Crippen LogP contribution in [0.25, 0.3) is 0 Å². The molecular weight excluding hydrogens is 250 g/mol. The topological polar surface area (TPSA) is 86.5 Å². The van der Waals surface area contributed by atoms with Gasteiger partial charge in [0.25, 0.3) is 0 Å². The number of fused-ring (bicyclic) bond motifs is 3. The van der Waals surface area contributed by atoms with Crippen molar-refractivity contribution in [2.45, 2.75) is 19.1 Å². The summed E-state index contributed by atoms with van der Waals surface area (Å²) in [6, 6.07) is -1.02. The van der Waals surface area contributed by atoms with Crippen molar-refractivity contribution in [1.29, 1.82) is 0 Å². The minimum Gasteiger partial charge on any atom is -0.493 e. The fraction of sp³-hybridized carbons (Fsp3) is 0.385. The van der Waals surface area contributed by atoms with Crippen LogP contribution in [0.15, 0.2) is 35.6 Å². The van der Waals surface area contributed by atoms with E-state index < -0.39 is 28.9 Å². The van der Waals surface area contributed by atoms with Gasteiger partial charge < -0.3 is 4.74 Å². The van der Waals surface area contributed by atoms with Gasteiger partial charge in [-0.05, 0) is 31.2 Å². The highest BCUT2D eigenvalue weighted by atomic mass is 16.6. The Kier molecular flexibility index (Phi) is 2.41. The van der Waals surface area contributed by atoms with Crippen molar-refractivity contribution >= 4 is 11.6 Å². The first-order chi connectivity index (χ1) is 8.99. The summed E-state index contributed by atoms with van der Waals surface area (Å²) >= 11 is 0. The predicted molar refractivity (Wildman–Crippen MR) is 63.6 cm³/mol. The molecule has 0 radical (unpaired) electrons. The Labute approximate surface area is 108 Å². The molecule has 2 aliphatic carbocycles. The number of ketones is 2. The lowest BCUT2D eigenvalue weighted by atomic mass is 9.71. The number of hydrogen-bond donors (Lipinski definition) is 0. The molecule has 0 amide bonds. The first-order valence-electron chi connectivity index (χ1n) is 5.95. The summed E-state index contributed by atoms with van der Waals surface area (Å²) in [5, 5.41) is 11.1. The Morgan fingerprint density at radius 1 is 1.26 bits per heavy atom. The number of rotatable bonds is 1. The Morgan fingerprint density at radius 3 is 2.68 bits per heavy atom. The number of ether oxygens (including phenoxy) is 1. The van der Waals surface area contributed by atoms with Gasteiger partial charge in [0, 0.05) is 10.5 Å². The van der Waals surface area contributed by atoms with Crippen molar-refractivity contribution in [2.75, 3.05) is 0 Å². The summed E-state index contributed by atoms with van der Waals surface area (Å²) in [5.74, 6) is -1.22. The largest absolute Gasteiger partial charge is 0.493 e. The smallest absolute Gasteiger partial charge is 0.241 e. The second kappa shape index (κ2) is 3.88. The Hall–Kier alpha value is -2.24. The Morgan fingerprint density at radius 2 is 2.00 bits per heavy atom. The van der Waals surface area contributed by atoms with Gasteiger partial charge in [-0.15, -0.1) is 0 Å². The highest BCUT2D eigenvalue weighted by Gasteiger charge is 2.52. The molecule has 0 aromatic rings. The van der Waals surface area contributed by atoms with Crippen LogP contribution in [0.1, 0.15) is 6.92 Å². The summed E-state index contributed by atoms with van der Waals surface area (Å²) in [4.78, 5) is 34.5. The lowest BCUT2D eigenvalue weighted by Crippen LogP contribution is -2.47. The predicted octanol–water partition coefficient (Wildman–Crippen LogP) is 0.815. The fourth-order valence-corrected chi connectivity index (χ4v) is 2.97. The van der Waals surface area contributed by atoms with Crippen LogP contribution in [0.4, 0.5) is 0 Å². The average molecular weight is 261 g/mol. The van der Waals surface area contributed by atoms with Crippen molar-refractivity contribution in [3.8, 4) is 0 Å². The van der Waals surface area contributed by atoms with Gasteiger partial charge in [-0.25, -0.2) is 0 Å². The molecule has 0 aromatic heterocycles. The molecule has 4 unspecified atom stereocenters. The van der Waals surface area contributed by atoms with E-state index in [1.807, 2.05) is 0 Å². The SMILES string of the molecule is CC1=CC2C(O1)C1C(=O)C=CC(=O)C1=CC2[N+](=O)[O-]. The molecule has 0 spiro atoms. The van der Waals surface area contributed by atoms with Gasteiger partial charge in [-0.2, -0.15) is 0 Å².